The third-order valence-corrected chi connectivity index (χ3v) is 3.11. The van der Waals surface area contributed by atoms with Gasteiger partial charge in [-0.1, -0.05) is 12.1 Å². The Morgan fingerprint density at radius 1 is 1.20 bits per heavy atom. The maximum atomic E-state index is 11.7. The largest absolute Gasteiger partial charge is 0.475 e. The Balaban J connectivity index is 1.89. The average molecular weight is 339 g/mol. The zero-order valence-corrected chi connectivity index (χ0v) is 11.8. The Kier molecular flexibility index (Phi) is 4.41. The summed E-state index contributed by atoms with van der Waals surface area (Å²) in [6.45, 7) is 0.101. The van der Waals surface area contributed by atoms with Crippen LogP contribution in [0.3, 0.4) is 0 Å². The first kappa shape index (κ1) is 14.1. The molecule has 1 aromatic carbocycles. The monoisotopic (exact) mass is 338 g/mol. The normalized spacial score (nSPS) is 10.1. The number of furan rings is 1. The molecular weight excluding hydrogens is 328 g/mol. The molecule has 2 aromatic rings. The van der Waals surface area contributed by atoms with Crippen molar-refractivity contribution < 1.29 is 19.1 Å². The van der Waals surface area contributed by atoms with Crippen molar-refractivity contribution in [2.45, 2.75) is 6.54 Å². The van der Waals surface area contributed by atoms with Gasteiger partial charge in [-0.25, -0.2) is 9.59 Å². The number of benzene rings is 1. The second kappa shape index (κ2) is 6.25. The van der Waals surface area contributed by atoms with Crippen LogP contribution >= 0.6 is 15.9 Å². The number of amides is 2. The Hall–Kier alpha value is -2.28. The predicted molar refractivity (Wildman–Crippen MR) is 75.7 cm³/mol. The van der Waals surface area contributed by atoms with E-state index in [-0.39, 0.29) is 12.3 Å². The van der Waals surface area contributed by atoms with E-state index in [1.807, 2.05) is 6.07 Å². The third-order valence-electron chi connectivity index (χ3n) is 2.42. The molecule has 0 unspecified atom stereocenters. The van der Waals surface area contributed by atoms with Crippen molar-refractivity contribution in [3.63, 3.8) is 0 Å². The Morgan fingerprint density at radius 3 is 2.60 bits per heavy atom. The topological polar surface area (TPSA) is 91.6 Å². The van der Waals surface area contributed by atoms with E-state index >= 15 is 0 Å². The van der Waals surface area contributed by atoms with Gasteiger partial charge in [0.05, 0.1) is 12.2 Å². The van der Waals surface area contributed by atoms with Crippen molar-refractivity contribution in [3.8, 4) is 0 Å². The Bertz CT molecular complexity index is 639. The molecule has 3 N–H and O–H groups in total. The van der Waals surface area contributed by atoms with Crippen molar-refractivity contribution >= 4 is 33.6 Å². The van der Waals surface area contributed by atoms with Gasteiger partial charge >= 0.3 is 12.0 Å². The summed E-state index contributed by atoms with van der Waals surface area (Å²) in [5.41, 5.74) is 0.635. The molecule has 7 heteroatoms. The molecule has 104 valence electrons. The van der Waals surface area contributed by atoms with Crippen LogP contribution in [0.25, 0.3) is 0 Å². The van der Waals surface area contributed by atoms with Crippen LogP contribution in [0.1, 0.15) is 16.3 Å². The summed E-state index contributed by atoms with van der Waals surface area (Å²) >= 11 is 3.31. The number of halogens is 1. The van der Waals surface area contributed by atoms with Gasteiger partial charge in [-0.15, -0.1) is 0 Å². The number of rotatable bonds is 4. The molecule has 0 radical (unpaired) electrons. The minimum Gasteiger partial charge on any atom is -0.475 e. The van der Waals surface area contributed by atoms with E-state index < -0.39 is 12.0 Å². The minimum atomic E-state index is -1.14. The number of para-hydroxylation sites is 1. The number of carboxylic acids is 1. The molecule has 0 aliphatic rings. The number of urea groups is 1. The number of carbonyl (C=O) groups is 2. The summed E-state index contributed by atoms with van der Waals surface area (Å²) in [4.78, 5) is 22.3. The third kappa shape index (κ3) is 3.61. The maximum absolute atomic E-state index is 11.7. The summed E-state index contributed by atoms with van der Waals surface area (Å²) in [5, 5.41) is 13.9. The Labute approximate surface area is 122 Å². The molecule has 2 amide bonds. The fraction of sp³-hybridized carbons (Fsp3) is 0.0769. The highest BCUT2D eigenvalue weighted by molar-refractivity contribution is 9.10. The number of aromatic carboxylic acids is 1. The lowest BCUT2D eigenvalue weighted by molar-refractivity contribution is 0.0660. The lowest BCUT2D eigenvalue weighted by atomic mass is 10.3. The van der Waals surface area contributed by atoms with Crippen LogP contribution in [0.4, 0.5) is 10.5 Å². The van der Waals surface area contributed by atoms with Gasteiger partial charge < -0.3 is 20.2 Å². The van der Waals surface area contributed by atoms with Crippen molar-refractivity contribution in [3.05, 3.63) is 52.4 Å². The number of anilines is 1. The number of carboxylic acid groups (broad SMARTS) is 1. The molecular formula is C13H11BrN2O4. The van der Waals surface area contributed by atoms with E-state index in [4.69, 9.17) is 9.52 Å². The molecule has 20 heavy (non-hydrogen) atoms. The summed E-state index contributed by atoms with van der Waals surface area (Å²) in [6, 6.07) is 9.62. The van der Waals surface area contributed by atoms with Crippen molar-refractivity contribution in [2.24, 2.45) is 0 Å². The molecule has 0 spiro atoms. The van der Waals surface area contributed by atoms with Crippen LogP contribution in [-0.2, 0) is 6.54 Å². The minimum absolute atomic E-state index is 0.101. The van der Waals surface area contributed by atoms with Crippen LogP contribution in [0.15, 0.2) is 45.3 Å². The van der Waals surface area contributed by atoms with Crippen LogP contribution in [0, 0.1) is 0 Å². The predicted octanol–water partition coefficient (Wildman–Crippen LogP) is 3.06. The first-order valence-corrected chi connectivity index (χ1v) is 6.47. The van der Waals surface area contributed by atoms with E-state index in [1.54, 1.807) is 18.2 Å². The highest BCUT2D eigenvalue weighted by atomic mass is 79.9. The van der Waals surface area contributed by atoms with Crippen LogP contribution < -0.4 is 10.6 Å². The number of hydrogen-bond donors (Lipinski definition) is 3. The molecule has 0 bridgehead atoms. The zero-order chi connectivity index (χ0) is 14.5. The van der Waals surface area contributed by atoms with E-state index in [0.29, 0.717) is 11.4 Å². The molecule has 1 aromatic heterocycles. The quantitative estimate of drug-likeness (QED) is 0.798. The zero-order valence-electron chi connectivity index (χ0n) is 10.2. The van der Waals surface area contributed by atoms with Crippen LogP contribution in [0.5, 0.6) is 0 Å². The summed E-state index contributed by atoms with van der Waals surface area (Å²) in [7, 11) is 0. The van der Waals surface area contributed by atoms with Gasteiger partial charge in [0.15, 0.2) is 0 Å². The molecule has 0 atom stereocenters. The van der Waals surface area contributed by atoms with Gasteiger partial charge in [-0.05, 0) is 40.2 Å². The summed E-state index contributed by atoms with van der Waals surface area (Å²) < 4.78 is 5.78. The SMILES string of the molecule is O=C(NCc1ccc(C(=O)O)o1)Nc1ccccc1Br. The fourth-order valence-electron chi connectivity index (χ4n) is 1.48. The van der Waals surface area contributed by atoms with Crippen LogP contribution in [-0.4, -0.2) is 17.1 Å². The van der Waals surface area contributed by atoms with Gasteiger partial charge in [-0.3, -0.25) is 0 Å². The second-order valence-corrected chi connectivity index (χ2v) is 4.71. The molecule has 2 rings (SSSR count). The summed E-state index contributed by atoms with van der Waals surface area (Å²) in [6.07, 6.45) is 0. The molecule has 0 saturated carbocycles. The van der Waals surface area contributed by atoms with Gasteiger partial charge in [0.2, 0.25) is 5.76 Å². The first-order chi connectivity index (χ1) is 9.56. The number of carbonyl (C=O) groups excluding carboxylic acids is 1. The van der Waals surface area contributed by atoms with Gasteiger partial charge in [0.25, 0.3) is 0 Å². The van der Waals surface area contributed by atoms with Gasteiger partial charge in [0, 0.05) is 4.47 Å². The molecule has 0 aliphatic carbocycles. The Morgan fingerprint density at radius 2 is 1.95 bits per heavy atom. The van der Waals surface area contributed by atoms with E-state index in [9.17, 15) is 9.59 Å². The number of hydrogen-bond acceptors (Lipinski definition) is 3. The second-order valence-electron chi connectivity index (χ2n) is 3.86. The molecule has 0 fully saturated rings. The fourth-order valence-corrected chi connectivity index (χ4v) is 1.87. The lowest BCUT2D eigenvalue weighted by Crippen LogP contribution is -2.28. The maximum Gasteiger partial charge on any atom is 0.371 e. The smallest absolute Gasteiger partial charge is 0.371 e. The first-order valence-electron chi connectivity index (χ1n) is 5.67. The molecule has 6 nitrogen and oxygen atoms in total. The standard InChI is InChI=1S/C13H11BrN2O4/c14-9-3-1-2-4-10(9)16-13(19)15-7-8-5-6-11(20-8)12(17)18/h1-6H,7H2,(H,17,18)(H2,15,16,19). The molecule has 0 saturated heterocycles. The van der Waals surface area contributed by atoms with E-state index in [0.717, 1.165) is 4.47 Å². The summed E-state index contributed by atoms with van der Waals surface area (Å²) in [5.74, 6) is -0.938. The van der Waals surface area contributed by atoms with Gasteiger partial charge in [-0.2, -0.15) is 0 Å². The van der Waals surface area contributed by atoms with E-state index in [2.05, 4.69) is 26.6 Å². The van der Waals surface area contributed by atoms with Crippen molar-refractivity contribution in [1.82, 2.24) is 5.32 Å². The highest BCUT2D eigenvalue weighted by Gasteiger charge is 2.10. The lowest BCUT2D eigenvalue weighted by Gasteiger charge is -2.07. The molecule has 0 aliphatic heterocycles. The molecule has 1 heterocycles. The van der Waals surface area contributed by atoms with Gasteiger partial charge in [0.1, 0.15) is 5.76 Å². The highest BCUT2D eigenvalue weighted by Crippen LogP contribution is 2.20. The van der Waals surface area contributed by atoms with Crippen molar-refractivity contribution in [1.29, 1.82) is 0 Å². The van der Waals surface area contributed by atoms with Crippen molar-refractivity contribution in [2.75, 3.05) is 5.32 Å². The van der Waals surface area contributed by atoms with E-state index in [1.165, 1.54) is 12.1 Å². The van der Waals surface area contributed by atoms with Crippen LogP contribution in [0.2, 0.25) is 0 Å². The average Bonchev–Trinajstić information content (AvgIpc) is 2.88. The number of nitrogens with one attached hydrogen (secondary N) is 2.